The second-order valence-corrected chi connectivity index (χ2v) is 8.17. The van der Waals surface area contributed by atoms with Crippen molar-refractivity contribution in [1.29, 1.82) is 0 Å². The van der Waals surface area contributed by atoms with Crippen LogP contribution in [0.15, 0.2) is 32.7 Å². The average Bonchev–Trinajstić information content (AvgIpc) is 2.90. The smallest absolute Gasteiger partial charge is 0.335 e. The van der Waals surface area contributed by atoms with Crippen LogP contribution in [0.25, 0.3) is 0 Å². The molecule has 0 spiro atoms. The highest BCUT2D eigenvalue weighted by molar-refractivity contribution is 7.90. The van der Waals surface area contributed by atoms with Crippen LogP contribution < -0.4 is 4.72 Å². The van der Waals surface area contributed by atoms with Crippen molar-refractivity contribution in [2.75, 3.05) is 6.26 Å². The summed E-state index contributed by atoms with van der Waals surface area (Å²) >= 11 is 0. The molecule has 1 N–H and O–H groups in total. The van der Waals surface area contributed by atoms with E-state index in [1.807, 2.05) is 4.72 Å². The van der Waals surface area contributed by atoms with Crippen molar-refractivity contribution in [3.8, 4) is 0 Å². The second kappa shape index (κ2) is 5.94. The molecule has 0 bridgehead atoms. The van der Waals surface area contributed by atoms with E-state index in [0.717, 1.165) is 12.3 Å². The monoisotopic (exact) mass is 367 g/mol. The topological polar surface area (TPSA) is 119 Å². The Morgan fingerprint density at radius 3 is 2.39 bits per heavy atom. The molecule has 0 radical (unpaired) electrons. The van der Waals surface area contributed by atoms with E-state index >= 15 is 0 Å². The normalized spacial score (nSPS) is 13.9. The summed E-state index contributed by atoms with van der Waals surface area (Å²) in [5, 5.41) is 5.99. The minimum Gasteiger partial charge on any atom is -0.411 e. The molecular weight excluding hydrogens is 356 g/mol. The molecule has 0 saturated heterocycles. The van der Waals surface area contributed by atoms with E-state index in [1.165, 1.54) is 6.92 Å². The minimum absolute atomic E-state index is 0.342. The Morgan fingerprint density at radius 1 is 1.17 bits per heavy atom. The summed E-state index contributed by atoms with van der Waals surface area (Å²) in [6, 6.07) is 0.794. The third kappa shape index (κ3) is 3.89. The summed E-state index contributed by atoms with van der Waals surface area (Å²) in [6.45, 7) is 1.27. The van der Waals surface area contributed by atoms with Gasteiger partial charge < -0.3 is 4.42 Å². The second-order valence-electron chi connectivity index (χ2n) is 4.60. The van der Waals surface area contributed by atoms with Crippen LogP contribution in [-0.2, 0) is 19.9 Å². The van der Waals surface area contributed by atoms with E-state index in [9.17, 15) is 25.6 Å². The van der Waals surface area contributed by atoms with Crippen molar-refractivity contribution >= 4 is 19.9 Å². The van der Waals surface area contributed by atoms with Crippen molar-refractivity contribution in [3.05, 3.63) is 35.7 Å². The van der Waals surface area contributed by atoms with Crippen LogP contribution in [0.5, 0.6) is 0 Å². The van der Waals surface area contributed by atoms with E-state index in [-0.39, 0.29) is 5.89 Å². The Balaban J connectivity index is 2.30. The van der Waals surface area contributed by atoms with Crippen molar-refractivity contribution < 1.29 is 30.0 Å². The molecule has 2 rings (SSSR count). The van der Waals surface area contributed by atoms with E-state index in [1.54, 1.807) is 0 Å². The van der Waals surface area contributed by atoms with Gasteiger partial charge in [0.1, 0.15) is 16.5 Å². The molecule has 0 aliphatic heterocycles. The van der Waals surface area contributed by atoms with Gasteiger partial charge in [-0.2, -0.15) is 4.72 Å². The van der Waals surface area contributed by atoms with Gasteiger partial charge in [0.05, 0.1) is 6.04 Å². The molecule has 1 heterocycles. The highest BCUT2D eigenvalue weighted by atomic mass is 32.2. The number of hydrogen-bond donors (Lipinski definition) is 1. The summed E-state index contributed by atoms with van der Waals surface area (Å²) in [6.07, 6.45) is 0.835. The Hall–Kier alpha value is -1.92. The predicted molar refractivity (Wildman–Crippen MR) is 72.5 cm³/mol. The SMILES string of the molecule is C[C@H](NS(=O)(=O)c1cc(F)ccc1F)c1nnc(S(C)(=O)=O)o1. The number of nitrogens with one attached hydrogen (secondary N) is 1. The van der Waals surface area contributed by atoms with Gasteiger partial charge in [0.2, 0.25) is 25.8 Å². The highest BCUT2D eigenvalue weighted by Crippen LogP contribution is 2.20. The van der Waals surface area contributed by atoms with Crippen LogP contribution in [0.1, 0.15) is 18.9 Å². The fourth-order valence-corrected chi connectivity index (χ4v) is 3.29. The predicted octanol–water partition coefficient (Wildman–Crippen LogP) is 0.791. The van der Waals surface area contributed by atoms with Gasteiger partial charge in [0, 0.05) is 6.26 Å². The number of rotatable bonds is 5. The first-order valence-electron chi connectivity index (χ1n) is 6.01. The summed E-state index contributed by atoms with van der Waals surface area (Å²) in [7, 11) is -8.18. The lowest BCUT2D eigenvalue weighted by molar-refractivity contribution is 0.373. The minimum atomic E-state index is -4.43. The van der Waals surface area contributed by atoms with E-state index < -0.39 is 47.7 Å². The molecule has 0 unspecified atom stereocenters. The van der Waals surface area contributed by atoms with E-state index in [4.69, 9.17) is 4.42 Å². The fraction of sp³-hybridized carbons (Fsp3) is 0.273. The summed E-state index contributed by atoms with van der Waals surface area (Å²) < 4.78 is 80.1. The molecule has 1 aromatic heterocycles. The molecule has 0 aliphatic carbocycles. The van der Waals surface area contributed by atoms with Gasteiger partial charge >= 0.3 is 5.22 Å². The molecule has 23 heavy (non-hydrogen) atoms. The van der Waals surface area contributed by atoms with Crippen LogP contribution in [0.2, 0.25) is 0 Å². The van der Waals surface area contributed by atoms with Gasteiger partial charge in [-0.05, 0) is 25.1 Å². The van der Waals surface area contributed by atoms with E-state index in [0.29, 0.717) is 12.1 Å². The van der Waals surface area contributed by atoms with Gasteiger partial charge in [-0.25, -0.2) is 25.6 Å². The standard InChI is InChI=1S/C11H11F2N3O5S2/c1-6(10-14-15-11(21-10)22(2,17)18)16-23(19,20)9-5-7(12)3-4-8(9)13/h3-6,16H,1-2H3/t6-/m0/s1. The molecular formula is C11H11F2N3O5S2. The van der Waals surface area contributed by atoms with Crippen LogP contribution in [0, 0.1) is 11.6 Å². The number of sulfonamides is 1. The average molecular weight is 367 g/mol. The van der Waals surface area contributed by atoms with Crippen LogP contribution >= 0.6 is 0 Å². The van der Waals surface area contributed by atoms with Crippen LogP contribution in [-0.4, -0.2) is 33.3 Å². The summed E-state index contributed by atoms with van der Waals surface area (Å²) in [4.78, 5) is -0.896. The van der Waals surface area contributed by atoms with Gasteiger partial charge in [0.25, 0.3) is 0 Å². The lowest BCUT2D eigenvalue weighted by Crippen LogP contribution is -2.28. The maximum absolute atomic E-state index is 13.6. The van der Waals surface area contributed by atoms with Crippen molar-refractivity contribution in [2.45, 2.75) is 23.1 Å². The van der Waals surface area contributed by atoms with Crippen LogP contribution in [0.4, 0.5) is 8.78 Å². The first kappa shape index (κ1) is 17.4. The number of sulfone groups is 1. The Labute approximate surface area is 130 Å². The Morgan fingerprint density at radius 2 is 1.83 bits per heavy atom. The Bertz CT molecular complexity index is 940. The number of benzene rings is 1. The number of nitrogens with zero attached hydrogens (tertiary/aromatic N) is 2. The highest BCUT2D eigenvalue weighted by Gasteiger charge is 2.26. The molecule has 0 saturated carbocycles. The zero-order valence-electron chi connectivity index (χ0n) is 11.8. The largest absolute Gasteiger partial charge is 0.411 e. The molecule has 0 amide bonds. The van der Waals surface area contributed by atoms with Gasteiger partial charge in [-0.3, -0.25) is 0 Å². The number of halogens is 2. The zero-order valence-corrected chi connectivity index (χ0v) is 13.5. The quantitative estimate of drug-likeness (QED) is 0.830. The number of aromatic nitrogens is 2. The lowest BCUT2D eigenvalue weighted by atomic mass is 10.3. The molecule has 2 aromatic rings. The first-order chi connectivity index (χ1) is 10.5. The Kier molecular flexibility index (Phi) is 4.50. The van der Waals surface area contributed by atoms with Gasteiger partial charge in [-0.15, -0.1) is 5.10 Å². The van der Waals surface area contributed by atoms with E-state index in [2.05, 4.69) is 10.2 Å². The molecule has 0 fully saturated rings. The maximum Gasteiger partial charge on any atom is 0.335 e. The molecule has 8 nitrogen and oxygen atoms in total. The fourth-order valence-electron chi connectivity index (χ4n) is 1.57. The van der Waals surface area contributed by atoms with Crippen molar-refractivity contribution in [3.63, 3.8) is 0 Å². The molecule has 126 valence electrons. The molecule has 1 atom stereocenters. The lowest BCUT2D eigenvalue weighted by Gasteiger charge is -2.11. The van der Waals surface area contributed by atoms with Crippen molar-refractivity contribution in [2.24, 2.45) is 0 Å². The third-order valence-corrected chi connectivity index (χ3v) is 4.98. The number of hydrogen-bond acceptors (Lipinski definition) is 7. The summed E-state index contributed by atoms with van der Waals surface area (Å²) in [5.74, 6) is -2.42. The van der Waals surface area contributed by atoms with Gasteiger partial charge in [0.15, 0.2) is 0 Å². The third-order valence-electron chi connectivity index (χ3n) is 2.62. The van der Waals surface area contributed by atoms with Crippen LogP contribution in [0.3, 0.4) is 0 Å². The molecule has 0 aliphatic rings. The maximum atomic E-state index is 13.6. The molecule has 1 aromatic carbocycles. The van der Waals surface area contributed by atoms with Crippen molar-refractivity contribution in [1.82, 2.24) is 14.9 Å². The first-order valence-corrected chi connectivity index (χ1v) is 9.39. The summed E-state index contributed by atoms with van der Waals surface area (Å²) in [5.41, 5.74) is 0. The molecule has 12 heteroatoms. The zero-order chi connectivity index (χ0) is 17.4. The van der Waals surface area contributed by atoms with Gasteiger partial charge in [-0.1, -0.05) is 5.10 Å².